The summed E-state index contributed by atoms with van der Waals surface area (Å²) in [6, 6.07) is 15.2. The second-order valence-electron chi connectivity index (χ2n) is 6.65. The topological polar surface area (TPSA) is 58.6 Å². The van der Waals surface area contributed by atoms with E-state index < -0.39 is 5.92 Å². The van der Waals surface area contributed by atoms with Gasteiger partial charge in [0.2, 0.25) is 5.91 Å². The number of benzene rings is 2. The number of carbonyl (C=O) groups excluding carboxylic acids is 1. The Morgan fingerprint density at radius 3 is 2.13 bits per heavy atom. The number of fused-ring (bicyclic) bond motifs is 2. The summed E-state index contributed by atoms with van der Waals surface area (Å²) in [6.45, 7) is 4.27. The molecule has 2 aromatic rings. The molecule has 0 spiro atoms. The Morgan fingerprint density at radius 2 is 1.61 bits per heavy atom. The maximum atomic E-state index is 12.8. The fourth-order valence-corrected chi connectivity index (χ4v) is 2.68. The van der Waals surface area contributed by atoms with Crippen LogP contribution in [0, 0.1) is 5.41 Å². The van der Waals surface area contributed by atoms with Gasteiger partial charge in [-0.25, -0.2) is 0 Å². The summed E-state index contributed by atoms with van der Waals surface area (Å²) < 4.78 is 5.90. The summed E-state index contributed by atoms with van der Waals surface area (Å²) in [6.07, 6.45) is 0. The molecule has 2 aromatic carbocycles. The number of rotatable bonds is 4. The minimum Gasteiger partial charge on any atom is -0.457 e. The van der Waals surface area contributed by atoms with Gasteiger partial charge >= 0.3 is 0 Å². The van der Waals surface area contributed by atoms with Crippen molar-refractivity contribution in [1.82, 2.24) is 5.32 Å². The minimum absolute atomic E-state index is 0.0221. The van der Waals surface area contributed by atoms with Crippen molar-refractivity contribution in [2.75, 3.05) is 13.2 Å². The van der Waals surface area contributed by atoms with E-state index in [1.807, 2.05) is 62.4 Å². The first-order chi connectivity index (χ1) is 11.0. The van der Waals surface area contributed by atoms with Crippen LogP contribution >= 0.6 is 0 Å². The Balaban J connectivity index is 1.93. The van der Waals surface area contributed by atoms with Gasteiger partial charge in [-0.1, -0.05) is 50.2 Å². The summed E-state index contributed by atoms with van der Waals surface area (Å²) in [4.78, 5) is 12.8. The molecule has 1 aliphatic heterocycles. The number of nitrogens with one attached hydrogen (secondary N) is 1. The third-order valence-corrected chi connectivity index (χ3v) is 4.11. The van der Waals surface area contributed by atoms with Crippen molar-refractivity contribution < 1.29 is 14.6 Å². The molecule has 1 amide bonds. The van der Waals surface area contributed by atoms with Crippen LogP contribution in [0.25, 0.3) is 0 Å². The molecular weight excluding hydrogens is 290 g/mol. The zero-order valence-corrected chi connectivity index (χ0v) is 13.4. The van der Waals surface area contributed by atoms with Crippen molar-refractivity contribution >= 4 is 5.91 Å². The average molecular weight is 311 g/mol. The first-order valence-corrected chi connectivity index (χ1v) is 7.76. The Bertz CT molecular complexity index is 679. The highest BCUT2D eigenvalue weighted by Crippen LogP contribution is 2.43. The van der Waals surface area contributed by atoms with Gasteiger partial charge in [-0.05, 0) is 12.1 Å². The number of hydrogen-bond donors (Lipinski definition) is 2. The number of amides is 1. The molecule has 4 nitrogen and oxygen atoms in total. The van der Waals surface area contributed by atoms with Crippen LogP contribution in [0.15, 0.2) is 48.5 Å². The summed E-state index contributed by atoms with van der Waals surface area (Å²) >= 11 is 0. The fourth-order valence-electron chi connectivity index (χ4n) is 2.68. The van der Waals surface area contributed by atoms with Crippen LogP contribution in [0.2, 0.25) is 0 Å². The van der Waals surface area contributed by atoms with Gasteiger partial charge in [0.15, 0.2) is 0 Å². The van der Waals surface area contributed by atoms with Crippen LogP contribution in [0.1, 0.15) is 30.9 Å². The maximum absolute atomic E-state index is 12.8. The molecule has 1 heterocycles. The smallest absolute Gasteiger partial charge is 0.232 e. The Labute approximate surface area is 136 Å². The normalized spacial score (nSPS) is 13.7. The Morgan fingerprint density at radius 1 is 1.09 bits per heavy atom. The lowest BCUT2D eigenvalue weighted by molar-refractivity contribution is -0.122. The monoisotopic (exact) mass is 311 g/mol. The van der Waals surface area contributed by atoms with Crippen molar-refractivity contribution in [3.8, 4) is 11.5 Å². The molecular formula is C19H21NO3. The zero-order chi connectivity index (χ0) is 16.4. The van der Waals surface area contributed by atoms with Gasteiger partial charge < -0.3 is 15.2 Å². The van der Waals surface area contributed by atoms with E-state index in [4.69, 9.17) is 4.74 Å². The maximum Gasteiger partial charge on any atom is 0.232 e. The van der Waals surface area contributed by atoms with Gasteiger partial charge in [0, 0.05) is 29.7 Å². The predicted octanol–water partition coefficient (Wildman–Crippen LogP) is 3.06. The highest BCUT2D eigenvalue weighted by Gasteiger charge is 2.32. The van der Waals surface area contributed by atoms with Crippen LogP contribution in [0.5, 0.6) is 11.5 Å². The molecule has 3 rings (SSSR count). The average Bonchev–Trinajstić information content (AvgIpc) is 2.57. The second kappa shape index (κ2) is 6.05. The molecule has 0 saturated carbocycles. The lowest BCUT2D eigenvalue weighted by atomic mass is 9.86. The van der Waals surface area contributed by atoms with E-state index in [-0.39, 0.29) is 17.9 Å². The van der Waals surface area contributed by atoms with E-state index in [1.165, 1.54) is 0 Å². The molecule has 0 radical (unpaired) electrons. The molecule has 4 heteroatoms. The number of ether oxygens (including phenoxy) is 1. The lowest BCUT2D eigenvalue weighted by Gasteiger charge is -2.29. The SMILES string of the molecule is CC(C)(CO)CNC(=O)C1c2ccccc2Oc2ccccc21. The van der Waals surface area contributed by atoms with E-state index in [9.17, 15) is 9.90 Å². The zero-order valence-electron chi connectivity index (χ0n) is 13.4. The van der Waals surface area contributed by atoms with Crippen LogP contribution in [-0.2, 0) is 4.79 Å². The van der Waals surface area contributed by atoms with Gasteiger partial charge in [0.05, 0.1) is 5.92 Å². The molecule has 2 N–H and O–H groups in total. The summed E-state index contributed by atoms with van der Waals surface area (Å²) in [5.74, 6) is 0.959. The van der Waals surface area contributed by atoms with E-state index in [0.717, 1.165) is 11.1 Å². The lowest BCUT2D eigenvalue weighted by Crippen LogP contribution is -2.39. The van der Waals surface area contributed by atoms with Crippen LogP contribution in [0.4, 0.5) is 0 Å². The van der Waals surface area contributed by atoms with E-state index in [2.05, 4.69) is 5.32 Å². The minimum atomic E-state index is -0.398. The molecule has 0 unspecified atom stereocenters. The second-order valence-corrected chi connectivity index (χ2v) is 6.65. The quantitative estimate of drug-likeness (QED) is 0.912. The fraction of sp³-hybridized carbons (Fsp3) is 0.316. The molecule has 120 valence electrons. The largest absolute Gasteiger partial charge is 0.457 e. The van der Waals surface area contributed by atoms with Gasteiger partial charge in [-0.3, -0.25) is 4.79 Å². The Hall–Kier alpha value is -2.33. The van der Waals surface area contributed by atoms with Crippen molar-refractivity contribution in [2.45, 2.75) is 19.8 Å². The van der Waals surface area contributed by atoms with Crippen molar-refractivity contribution in [3.63, 3.8) is 0 Å². The molecule has 0 aromatic heterocycles. The van der Waals surface area contributed by atoms with Gasteiger partial charge in [0.1, 0.15) is 11.5 Å². The highest BCUT2D eigenvalue weighted by atomic mass is 16.5. The Kier molecular flexibility index (Phi) is 4.09. The third kappa shape index (κ3) is 3.08. The number of aliphatic hydroxyl groups excluding tert-OH is 1. The number of hydrogen-bond acceptors (Lipinski definition) is 3. The number of carbonyl (C=O) groups is 1. The number of aliphatic hydroxyl groups is 1. The van der Waals surface area contributed by atoms with Crippen LogP contribution in [-0.4, -0.2) is 24.2 Å². The summed E-state index contributed by atoms with van der Waals surface area (Å²) in [5, 5.41) is 12.3. The molecule has 0 bridgehead atoms. The van der Waals surface area contributed by atoms with E-state index >= 15 is 0 Å². The first kappa shape index (κ1) is 15.6. The van der Waals surface area contributed by atoms with Crippen molar-refractivity contribution in [3.05, 3.63) is 59.7 Å². The molecule has 0 fully saturated rings. The predicted molar refractivity (Wildman–Crippen MR) is 88.7 cm³/mol. The van der Waals surface area contributed by atoms with Gasteiger partial charge in [-0.2, -0.15) is 0 Å². The van der Waals surface area contributed by atoms with Crippen molar-refractivity contribution in [1.29, 1.82) is 0 Å². The third-order valence-electron chi connectivity index (χ3n) is 4.11. The molecule has 0 atom stereocenters. The number of para-hydroxylation sites is 2. The van der Waals surface area contributed by atoms with E-state index in [0.29, 0.717) is 18.0 Å². The van der Waals surface area contributed by atoms with Gasteiger partial charge in [0.25, 0.3) is 0 Å². The standard InChI is InChI=1S/C19H21NO3/c1-19(2,12-21)11-20-18(22)17-13-7-3-5-9-15(13)23-16-10-6-4-8-14(16)17/h3-10,17,21H,11-12H2,1-2H3,(H,20,22). The molecule has 1 aliphatic rings. The van der Waals surface area contributed by atoms with Crippen LogP contribution < -0.4 is 10.1 Å². The molecule has 0 aliphatic carbocycles. The van der Waals surface area contributed by atoms with Crippen molar-refractivity contribution in [2.24, 2.45) is 5.41 Å². The molecule has 0 saturated heterocycles. The molecule has 23 heavy (non-hydrogen) atoms. The first-order valence-electron chi connectivity index (χ1n) is 7.76. The summed E-state index contributed by atoms with van der Waals surface area (Å²) in [7, 11) is 0. The van der Waals surface area contributed by atoms with Gasteiger partial charge in [-0.15, -0.1) is 0 Å². The highest BCUT2D eigenvalue weighted by molar-refractivity contribution is 5.89. The summed E-state index contributed by atoms with van der Waals surface area (Å²) in [5.41, 5.74) is 1.39. The van der Waals surface area contributed by atoms with Crippen LogP contribution in [0.3, 0.4) is 0 Å². The van der Waals surface area contributed by atoms with E-state index in [1.54, 1.807) is 0 Å².